The lowest BCUT2D eigenvalue weighted by molar-refractivity contribution is 0.174. The molecule has 3 aromatic rings. The number of aromatic nitrogens is 1. The predicted octanol–water partition coefficient (Wildman–Crippen LogP) is 5.17. The van der Waals surface area contributed by atoms with Crippen molar-refractivity contribution in [2.75, 3.05) is 12.1 Å². The second-order valence-electron chi connectivity index (χ2n) is 5.40. The van der Waals surface area contributed by atoms with Crippen LogP contribution >= 0.6 is 22.9 Å². The molecular weight excluding hydrogens is 370 g/mol. The van der Waals surface area contributed by atoms with Crippen molar-refractivity contribution in [1.82, 2.24) is 4.98 Å². The maximum atomic E-state index is 9.47. The number of benzene rings is 2. The van der Waals surface area contributed by atoms with Crippen LogP contribution in [0, 0.1) is 11.3 Å². The first-order valence-electron chi connectivity index (χ1n) is 7.72. The van der Waals surface area contributed by atoms with Crippen LogP contribution in [0.15, 0.2) is 54.0 Å². The highest BCUT2D eigenvalue weighted by atomic mass is 35.5. The summed E-state index contributed by atoms with van der Waals surface area (Å²) in [6.45, 7) is 0.232. The van der Waals surface area contributed by atoms with E-state index in [0.29, 0.717) is 21.4 Å². The number of para-hydroxylation sites is 1. The van der Waals surface area contributed by atoms with Crippen molar-refractivity contribution in [2.24, 2.45) is 0 Å². The summed E-state index contributed by atoms with van der Waals surface area (Å²) in [5.74, 6) is 1.43. The SMILES string of the molecule is N#CC(=CNc1ccccc1Cl)c1nc(-c2ccc3c(c2)OCO3)cs1. The van der Waals surface area contributed by atoms with E-state index in [1.54, 1.807) is 12.3 Å². The number of thiazole rings is 1. The molecule has 0 amide bonds. The molecule has 0 unspecified atom stereocenters. The summed E-state index contributed by atoms with van der Waals surface area (Å²) in [6, 6.07) is 15.2. The molecule has 1 aliphatic rings. The Kier molecular flexibility index (Phi) is 4.48. The maximum Gasteiger partial charge on any atom is 0.231 e. The van der Waals surface area contributed by atoms with Crippen LogP contribution in [0.3, 0.4) is 0 Å². The molecular formula is C19H12ClN3O2S. The molecule has 1 N–H and O–H groups in total. The molecule has 1 aliphatic heterocycles. The Bertz CT molecular complexity index is 1040. The van der Waals surface area contributed by atoms with Gasteiger partial charge < -0.3 is 14.8 Å². The number of rotatable bonds is 4. The first-order chi connectivity index (χ1) is 12.7. The van der Waals surface area contributed by atoms with Crippen molar-refractivity contribution in [2.45, 2.75) is 0 Å². The van der Waals surface area contributed by atoms with Gasteiger partial charge >= 0.3 is 0 Å². The average Bonchev–Trinajstić information content (AvgIpc) is 3.32. The second-order valence-corrected chi connectivity index (χ2v) is 6.67. The lowest BCUT2D eigenvalue weighted by Crippen LogP contribution is -1.92. The van der Waals surface area contributed by atoms with Gasteiger partial charge in [-0.15, -0.1) is 11.3 Å². The number of halogens is 1. The fraction of sp³-hybridized carbons (Fsp3) is 0.0526. The molecule has 2 aromatic carbocycles. The summed E-state index contributed by atoms with van der Waals surface area (Å²) in [6.07, 6.45) is 1.61. The molecule has 0 radical (unpaired) electrons. The minimum absolute atomic E-state index is 0.232. The number of allylic oxidation sites excluding steroid dienone is 1. The summed E-state index contributed by atoms with van der Waals surface area (Å²) >= 11 is 7.52. The van der Waals surface area contributed by atoms with E-state index in [1.165, 1.54) is 11.3 Å². The van der Waals surface area contributed by atoms with Crippen LogP contribution < -0.4 is 14.8 Å². The third kappa shape index (κ3) is 3.23. The van der Waals surface area contributed by atoms with Crippen LogP contribution in [-0.2, 0) is 0 Å². The number of nitriles is 1. The summed E-state index contributed by atoms with van der Waals surface area (Å²) in [7, 11) is 0. The highest BCUT2D eigenvalue weighted by Crippen LogP contribution is 2.36. The average molecular weight is 382 g/mol. The zero-order chi connectivity index (χ0) is 17.9. The standard InChI is InChI=1S/C19H12ClN3O2S/c20-14-3-1-2-4-15(14)22-9-13(8-21)19-23-16(10-26-19)12-5-6-17-18(7-12)25-11-24-17/h1-7,9-10,22H,11H2. The third-order valence-corrected chi connectivity index (χ3v) is 4.97. The van der Waals surface area contributed by atoms with Crippen molar-refractivity contribution < 1.29 is 9.47 Å². The van der Waals surface area contributed by atoms with E-state index in [4.69, 9.17) is 21.1 Å². The number of ether oxygens (including phenoxy) is 2. The van der Waals surface area contributed by atoms with Crippen molar-refractivity contribution >= 4 is 34.2 Å². The number of anilines is 1. The minimum Gasteiger partial charge on any atom is -0.454 e. The third-order valence-electron chi connectivity index (χ3n) is 3.77. The zero-order valence-corrected chi connectivity index (χ0v) is 15.0. The fourth-order valence-electron chi connectivity index (χ4n) is 2.46. The number of nitrogens with zero attached hydrogens (tertiary/aromatic N) is 2. The Hall–Kier alpha value is -3.01. The monoisotopic (exact) mass is 381 g/mol. The van der Waals surface area contributed by atoms with Crippen LogP contribution in [0.1, 0.15) is 5.01 Å². The van der Waals surface area contributed by atoms with E-state index >= 15 is 0 Å². The van der Waals surface area contributed by atoms with E-state index in [9.17, 15) is 5.26 Å². The normalized spacial score (nSPS) is 12.7. The predicted molar refractivity (Wildman–Crippen MR) is 102 cm³/mol. The molecule has 0 fully saturated rings. The lowest BCUT2D eigenvalue weighted by Gasteiger charge is -2.03. The van der Waals surface area contributed by atoms with Gasteiger partial charge in [0.1, 0.15) is 16.6 Å². The van der Waals surface area contributed by atoms with Gasteiger partial charge in [-0.05, 0) is 30.3 Å². The molecule has 0 atom stereocenters. The van der Waals surface area contributed by atoms with Gasteiger partial charge in [-0.2, -0.15) is 5.26 Å². The second kappa shape index (κ2) is 7.08. The largest absolute Gasteiger partial charge is 0.454 e. The van der Waals surface area contributed by atoms with Gasteiger partial charge in [-0.25, -0.2) is 4.98 Å². The van der Waals surface area contributed by atoms with E-state index in [2.05, 4.69) is 16.4 Å². The lowest BCUT2D eigenvalue weighted by atomic mass is 10.1. The minimum atomic E-state index is 0.232. The van der Waals surface area contributed by atoms with Crippen molar-refractivity contribution in [3.63, 3.8) is 0 Å². The Balaban J connectivity index is 1.59. The van der Waals surface area contributed by atoms with E-state index in [1.807, 2.05) is 41.8 Å². The van der Waals surface area contributed by atoms with Gasteiger partial charge in [0.25, 0.3) is 0 Å². The summed E-state index contributed by atoms with van der Waals surface area (Å²) in [4.78, 5) is 4.57. The fourth-order valence-corrected chi connectivity index (χ4v) is 3.44. The number of hydrogen-bond donors (Lipinski definition) is 1. The molecule has 128 valence electrons. The van der Waals surface area contributed by atoms with E-state index in [0.717, 1.165) is 22.7 Å². The molecule has 7 heteroatoms. The Morgan fingerprint density at radius 2 is 2.08 bits per heavy atom. The van der Waals surface area contributed by atoms with Gasteiger partial charge in [0.05, 0.1) is 16.4 Å². The zero-order valence-electron chi connectivity index (χ0n) is 13.4. The number of fused-ring (bicyclic) bond motifs is 1. The quantitative estimate of drug-likeness (QED) is 0.631. The van der Waals surface area contributed by atoms with Gasteiger partial charge in [0.15, 0.2) is 11.5 Å². The van der Waals surface area contributed by atoms with Gasteiger partial charge in [0, 0.05) is 17.1 Å². The first-order valence-corrected chi connectivity index (χ1v) is 8.97. The van der Waals surface area contributed by atoms with Crippen LogP contribution in [0.5, 0.6) is 11.5 Å². The molecule has 0 saturated heterocycles. The van der Waals surface area contributed by atoms with Crippen LogP contribution in [0.25, 0.3) is 16.8 Å². The Morgan fingerprint density at radius 1 is 1.23 bits per heavy atom. The van der Waals surface area contributed by atoms with E-state index < -0.39 is 0 Å². The molecule has 0 aliphatic carbocycles. The van der Waals surface area contributed by atoms with Crippen LogP contribution in [0.2, 0.25) is 5.02 Å². The first kappa shape index (κ1) is 16.5. The molecule has 2 heterocycles. The molecule has 0 saturated carbocycles. The molecule has 0 bridgehead atoms. The van der Waals surface area contributed by atoms with Crippen molar-refractivity contribution in [3.8, 4) is 28.8 Å². The number of nitrogens with one attached hydrogen (secondary N) is 1. The van der Waals surface area contributed by atoms with Crippen LogP contribution in [0.4, 0.5) is 5.69 Å². The molecule has 1 aromatic heterocycles. The molecule has 5 nitrogen and oxygen atoms in total. The van der Waals surface area contributed by atoms with Crippen molar-refractivity contribution in [1.29, 1.82) is 5.26 Å². The Labute approximate surface area is 159 Å². The Morgan fingerprint density at radius 3 is 2.92 bits per heavy atom. The summed E-state index contributed by atoms with van der Waals surface area (Å²) < 4.78 is 10.7. The number of hydrogen-bond acceptors (Lipinski definition) is 6. The molecule has 4 rings (SSSR count). The van der Waals surface area contributed by atoms with Crippen molar-refractivity contribution in [3.05, 3.63) is 64.1 Å². The highest BCUT2D eigenvalue weighted by molar-refractivity contribution is 7.11. The highest BCUT2D eigenvalue weighted by Gasteiger charge is 2.16. The van der Waals surface area contributed by atoms with Gasteiger partial charge in [0.2, 0.25) is 6.79 Å². The topological polar surface area (TPSA) is 67.2 Å². The summed E-state index contributed by atoms with van der Waals surface area (Å²) in [5.41, 5.74) is 2.85. The van der Waals surface area contributed by atoms with E-state index in [-0.39, 0.29) is 6.79 Å². The molecule has 26 heavy (non-hydrogen) atoms. The van der Waals surface area contributed by atoms with Gasteiger partial charge in [-0.3, -0.25) is 0 Å². The van der Waals surface area contributed by atoms with Crippen LogP contribution in [-0.4, -0.2) is 11.8 Å². The smallest absolute Gasteiger partial charge is 0.231 e. The molecule has 0 spiro atoms. The maximum absolute atomic E-state index is 9.47. The summed E-state index contributed by atoms with van der Waals surface area (Å²) in [5, 5.41) is 15.7. The van der Waals surface area contributed by atoms with Gasteiger partial charge in [-0.1, -0.05) is 23.7 Å².